The first kappa shape index (κ1) is 17.0. The molecule has 130 valence electrons. The van der Waals surface area contributed by atoms with Crippen LogP contribution in [0, 0.1) is 12.7 Å². The van der Waals surface area contributed by atoms with Crippen LogP contribution in [0.4, 0.5) is 4.39 Å². The van der Waals surface area contributed by atoms with E-state index in [9.17, 15) is 14.0 Å². The number of amides is 2. The van der Waals surface area contributed by atoms with Crippen LogP contribution in [0.15, 0.2) is 48.5 Å². The molecule has 0 atom stereocenters. The van der Waals surface area contributed by atoms with Crippen molar-refractivity contribution in [1.82, 2.24) is 10.9 Å². The predicted octanol–water partition coefficient (Wildman–Crippen LogP) is 2.39. The molecular weight excluding hydrogens is 323 g/mol. The van der Waals surface area contributed by atoms with Crippen LogP contribution in [0.3, 0.4) is 0 Å². The molecule has 5 nitrogen and oxygen atoms in total. The van der Waals surface area contributed by atoms with Gasteiger partial charge >= 0.3 is 0 Å². The molecular formula is C19H19FN2O3. The van der Waals surface area contributed by atoms with Crippen LogP contribution in [0.25, 0.3) is 0 Å². The molecule has 2 amide bonds. The second-order valence-electron chi connectivity index (χ2n) is 6.20. The zero-order valence-electron chi connectivity index (χ0n) is 13.8. The summed E-state index contributed by atoms with van der Waals surface area (Å²) in [5.74, 6) is -0.513. The number of ether oxygens (including phenoxy) is 1. The zero-order valence-corrected chi connectivity index (χ0v) is 13.8. The van der Waals surface area contributed by atoms with Crippen molar-refractivity contribution >= 4 is 11.8 Å². The van der Waals surface area contributed by atoms with Crippen LogP contribution >= 0.6 is 0 Å². The lowest BCUT2D eigenvalue weighted by atomic mass is 9.95. The maximum atomic E-state index is 13.0. The van der Waals surface area contributed by atoms with Crippen molar-refractivity contribution in [2.24, 2.45) is 0 Å². The van der Waals surface area contributed by atoms with Gasteiger partial charge in [-0.15, -0.1) is 0 Å². The Balaban J connectivity index is 1.50. The SMILES string of the molecule is Cc1cccc(OCC(=O)NNC(=O)C2(c3ccc(F)cc3)CC2)c1. The number of carbonyl (C=O) groups excluding carboxylic acids is 2. The highest BCUT2D eigenvalue weighted by Gasteiger charge is 2.51. The number of nitrogens with one attached hydrogen (secondary N) is 2. The summed E-state index contributed by atoms with van der Waals surface area (Å²) in [6.07, 6.45) is 1.33. The van der Waals surface area contributed by atoms with E-state index in [1.807, 2.05) is 25.1 Å². The quantitative estimate of drug-likeness (QED) is 0.820. The van der Waals surface area contributed by atoms with Crippen molar-refractivity contribution in [1.29, 1.82) is 0 Å². The van der Waals surface area contributed by atoms with E-state index in [1.165, 1.54) is 12.1 Å². The zero-order chi connectivity index (χ0) is 17.9. The molecule has 0 heterocycles. The van der Waals surface area contributed by atoms with Crippen molar-refractivity contribution in [3.8, 4) is 5.75 Å². The molecule has 2 N–H and O–H groups in total. The first-order valence-electron chi connectivity index (χ1n) is 8.04. The Morgan fingerprint density at radius 3 is 2.48 bits per heavy atom. The number of aryl methyl sites for hydroxylation is 1. The van der Waals surface area contributed by atoms with Gasteiger partial charge in [-0.3, -0.25) is 20.4 Å². The number of carbonyl (C=O) groups is 2. The van der Waals surface area contributed by atoms with Gasteiger partial charge in [-0.05, 0) is 55.2 Å². The van der Waals surface area contributed by atoms with Gasteiger partial charge < -0.3 is 4.74 Å². The molecule has 6 heteroatoms. The number of rotatable bonds is 5. The van der Waals surface area contributed by atoms with Crippen LogP contribution in [0.1, 0.15) is 24.0 Å². The van der Waals surface area contributed by atoms with Crippen molar-refractivity contribution in [3.05, 3.63) is 65.5 Å². The van der Waals surface area contributed by atoms with Gasteiger partial charge in [0.15, 0.2) is 6.61 Å². The van der Waals surface area contributed by atoms with Crippen LogP contribution in [-0.2, 0) is 15.0 Å². The van der Waals surface area contributed by atoms with E-state index in [4.69, 9.17) is 4.74 Å². The Morgan fingerprint density at radius 2 is 1.84 bits per heavy atom. The van der Waals surface area contributed by atoms with Gasteiger partial charge in [0.2, 0.25) is 5.91 Å². The minimum atomic E-state index is -0.682. The predicted molar refractivity (Wildman–Crippen MR) is 90.3 cm³/mol. The van der Waals surface area contributed by atoms with E-state index in [0.717, 1.165) is 11.1 Å². The molecule has 1 aliphatic rings. The molecule has 0 aliphatic heterocycles. The number of halogens is 1. The van der Waals surface area contributed by atoms with E-state index < -0.39 is 11.3 Å². The van der Waals surface area contributed by atoms with Crippen molar-refractivity contribution in [3.63, 3.8) is 0 Å². The Kier molecular flexibility index (Phi) is 4.70. The largest absolute Gasteiger partial charge is 0.484 e. The minimum absolute atomic E-state index is 0.201. The molecule has 2 aromatic rings. The first-order chi connectivity index (χ1) is 12.0. The van der Waals surface area contributed by atoms with Gasteiger partial charge in [0.05, 0.1) is 5.41 Å². The van der Waals surface area contributed by atoms with Crippen LogP contribution in [0.5, 0.6) is 5.75 Å². The molecule has 1 aliphatic carbocycles. The molecule has 3 rings (SSSR count). The second-order valence-corrected chi connectivity index (χ2v) is 6.20. The number of hydrogen-bond acceptors (Lipinski definition) is 3. The first-order valence-corrected chi connectivity index (χ1v) is 8.04. The molecule has 0 radical (unpaired) electrons. The third-order valence-corrected chi connectivity index (χ3v) is 4.26. The van der Waals surface area contributed by atoms with E-state index in [0.29, 0.717) is 18.6 Å². The van der Waals surface area contributed by atoms with Gasteiger partial charge in [-0.2, -0.15) is 0 Å². The summed E-state index contributed by atoms with van der Waals surface area (Å²) in [5.41, 5.74) is 5.88. The number of hydrogen-bond donors (Lipinski definition) is 2. The van der Waals surface area contributed by atoms with Gasteiger partial charge in [-0.25, -0.2) is 4.39 Å². The highest BCUT2D eigenvalue weighted by atomic mass is 19.1. The third-order valence-electron chi connectivity index (χ3n) is 4.26. The Morgan fingerprint density at radius 1 is 1.12 bits per heavy atom. The van der Waals surface area contributed by atoms with Crippen LogP contribution in [-0.4, -0.2) is 18.4 Å². The molecule has 0 spiro atoms. The molecule has 1 fully saturated rings. The smallest absolute Gasteiger partial charge is 0.276 e. The van der Waals surface area contributed by atoms with Crippen LogP contribution < -0.4 is 15.6 Å². The van der Waals surface area contributed by atoms with Crippen molar-refractivity contribution < 1.29 is 18.7 Å². The topological polar surface area (TPSA) is 67.4 Å². The molecule has 1 saturated carbocycles. The summed E-state index contributed by atoms with van der Waals surface area (Å²) < 4.78 is 18.4. The normalized spacial score (nSPS) is 14.5. The highest BCUT2D eigenvalue weighted by Crippen LogP contribution is 2.48. The summed E-state index contributed by atoms with van der Waals surface area (Å²) in [4.78, 5) is 24.2. The average molecular weight is 342 g/mol. The van der Waals surface area contributed by atoms with E-state index in [1.54, 1.807) is 18.2 Å². The van der Waals surface area contributed by atoms with E-state index in [2.05, 4.69) is 10.9 Å². The van der Waals surface area contributed by atoms with Gasteiger partial charge in [0, 0.05) is 0 Å². The fraction of sp³-hybridized carbons (Fsp3) is 0.263. The summed E-state index contributed by atoms with van der Waals surface area (Å²) in [5, 5.41) is 0. The monoisotopic (exact) mass is 342 g/mol. The summed E-state index contributed by atoms with van der Waals surface area (Å²) in [7, 11) is 0. The highest BCUT2D eigenvalue weighted by molar-refractivity contribution is 5.92. The van der Waals surface area contributed by atoms with Crippen molar-refractivity contribution in [2.75, 3.05) is 6.61 Å². The minimum Gasteiger partial charge on any atom is -0.484 e. The lowest BCUT2D eigenvalue weighted by Crippen LogP contribution is -2.48. The molecule has 25 heavy (non-hydrogen) atoms. The lowest BCUT2D eigenvalue weighted by Gasteiger charge is -2.16. The van der Waals surface area contributed by atoms with E-state index in [-0.39, 0.29) is 18.3 Å². The fourth-order valence-electron chi connectivity index (χ4n) is 2.68. The molecule has 0 unspecified atom stereocenters. The summed E-state index contributed by atoms with van der Waals surface area (Å²) in [6.45, 7) is 1.73. The van der Waals surface area contributed by atoms with E-state index >= 15 is 0 Å². The maximum absolute atomic E-state index is 13.0. The molecule has 0 bridgehead atoms. The second kappa shape index (κ2) is 6.93. The maximum Gasteiger partial charge on any atom is 0.276 e. The van der Waals surface area contributed by atoms with Crippen LogP contribution in [0.2, 0.25) is 0 Å². The summed E-state index contributed by atoms with van der Waals surface area (Å²) in [6, 6.07) is 13.2. The van der Waals surface area contributed by atoms with Gasteiger partial charge in [0.25, 0.3) is 5.91 Å². The average Bonchev–Trinajstić information content (AvgIpc) is 3.40. The van der Waals surface area contributed by atoms with Gasteiger partial charge in [0.1, 0.15) is 11.6 Å². The fourth-order valence-corrected chi connectivity index (χ4v) is 2.68. The molecule has 2 aromatic carbocycles. The Bertz CT molecular complexity index is 786. The summed E-state index contributed by atoms with van der Waals surface area (Å²) >= 11 is 0. The van der Waals surface area contributed by atoms with Crippen molar-refractivity contribution in [2.45, 2.75) is 25.2 Å². The Labute approximate surface area is 145 Å². The lowest BCUT2D eigenvalue weighted by molar-refractivity contribution is -0.131. The Hall–Kier alpha value is -2.89. The standard InChI is InChI=1S/C19H19FN2O3/c1-13-3-2-4-16(11-13)25-12-17(23)21-22-18(24)19(9-10-19)14-5-7-15(20)8-6-14/h2-8,11H,9-10,12H2,1H3,(H,21,23)(H,22,24). The number of hydrazine groups is 1. The molecule has 0 aromatic heterocycles. The molecule has 0 saturated heterocycles. The number of benzene rings is 2. The van der Waals surface area contributed by atoms with Gasteiger partial charge in [-0.1, -0.05) is 24.3 Å². The third kappa shape index (κ3) is 3.96.